The van der Waals surface area contributed by atoms with Crippen molar-refractivity contribution in [2.45, 2.75) is 12.3 Å². The zero-order valence-corrected chi connectivity index (χ0v) is 16.3. The SMILES string of the molecule is COCCOCC(OC(/C=C/P(=O)(OC)OC)CO)n1ccc(=O)[nH]c1=O. The first-order valence-electron chi connectivity index (χ1n) is 7.94. The van der Waals surface area contributed by atoms with Crippen LogP contribution in [-0.2, 0) is 27.8 Å². The van der Waals surface area contributed by atoms with Gasteiger partial charge in [-0.1, -0.05) is 0 Å². The lowest BCUT2D eigenvalue weighted by Gasteiger charge is -2.23. The van der Waals surface area contributed by atoms with Crippen molar-refractivity contribution in [1.82, 2.24) is 9.55 Å². The number of aromatic amines is 1. The van der Waals surface area contributed by atoms with Crippen LogP contribution in [-0.4, -0.2) is 68.5 Å². The molecule has 0 aliphatic rings. The molecule has 1 rings (SSSR count). The monoisotopic (exact) mass is 408 g/mol. The normalized spacial score (nSPS) is 14.5. The van der Waals surface area contributed by atoms with Crippen molar-refractivity contribution < 1.29 is 32.9 Å². The van der Waals surface area contributed by atoms with Crippen molar-refractivity contribution >= 4 is 7.60 Å². The van der Waals surface area contributed by atoms with Gasteiger partial charge in [0, 0.05) is 39.4 Å². The van der Waals surface area contributed by atoms with E-state index in [1.165, 1.54) is 33.6 Å². The van der Waals surface area contributed by atoms with Crippen molar-refractivity contribution in [2.24, 2.45) is 0 Å². The van der Waals surface area contributed by atoms with Crippen molar-refractivity contribution in [3.63, 3.8) is 0 Å². The molecule has 27 heavy (non-hydrogen) atoms. The number of aliphatic hydroxyl groups is 1. The number of nitrogens with zero attached hydrogens (tertiary/aromatic N) is 1. The molecular formula is C15H25N2O9P. The summed E-state index contributed by atoms with van der Waals surface area (Å²) >= 11 is 0. The summed E-state index contributed by atoms with van der Waals surface area (Å²) in [5.41, 5.74) is -1.27. The van der Waals surface area contributed by atoms with Gasteiger partial charge in [-0.3, -0.25) is 18.9 Å². The van der Waals surface area contributed by atoms with Crippen LogP contribution in [0.5, 0.6) is 0 Å². The van der Waals surface area contributed by atoms with Gasteiger partial charge in [0.1, 0.15) is 6.10 Å². The predicted octanol–water partition coefficient (Wildman–Crippen LogP) is 0.0753. The lowest BCUT2D eigenvalue weighted by atomic mass is 10.3. The number of ether oxygens (including phenoxy) is 3. The Kier molecular flexibility index (Phi) is 10.4. The molecular weight excluding hydrogens is 383 g/mol. The molecule has 1 aromatic rings. The highest BCUT2D eigenvalue weighted by molar-refractivity contribution is 7.57. The second-order valence-corrected chi connectivity index (χ2v) is 7.25. The summed E-state index contributed by atoms with van der Waals surface area (Å²) in [5.74, 6) is 1.15. The van der Waals surface area contributed by atoms with Crippen molar-refractivity contribution in [1.29, 1.82) is 0 Å². The molecule has 1 heterocycles. The van der Waals surface area contributed by atoms with E-state index in [1.807, 2.05) is 0 Å². The Morgan fingerprint density at radius 1 is 1.26 bits per heavy atom. The van der Waals surface area contributed by atoms with E-state index in [0.717, 1.165) is 16.5 Å². The van der Waals surface area contributed by atoms with Crippen LogP contribution in [0.15, 0.2) is 33.7 Å². The topological polar surface area (TPSA) is 138 Å². The summed E-state index contributed by atoms with van der Waals surface area (Å²) in [6.45, 7) is 0.0422. The Bertz CT molecular complexity index is 737. The number of aromatic nitrogens is 2. The summed E-state index contributed by atoms with van der Waals surface area (Å²) in [4.78, 5) is 25.4. The summed E-state index contributed by atoms with van der Waals surface area (Å²) in [6, 6.07) is 1.15. The number of hydrogen-bond acceptors (Lipinski definition) is 9. The number of nitrogens with one attached hydrogen (secondary N) is 1. The van der Waals surface area contributed by atoms with Crippen LogP contribution in [0.1, 0.15) is 6.23 Å². The molecule has 0 aromatic carbocycles. The Morgan fingerprint density at radius 3 is 2.52 bits per heavy atom. The highest BCUT2D eigenvalue weighted by atomic mass is 31.2. The number of hydrogen-bond donors (Lipinski definition) is 2. The maximum Gasteiger partial charge on any atom is 0.353 e. The summed E-state index contributed by atoms with van der Waals surface area (Å²) in [6.07, 6.45) is 0.627. The molecule has 1 aromatic heterocycles. The lowest BCUT2D eigenvalue weighted by Crippen LogP contribution is -2.36. The van der Waals surface area contributed by atoms with Gasteiger partial charge < -0.3 is 28.4 Å². The Hall–Kier alpha value is -1.59. The third kappa shape index (κ3) is 7.89. The van der Waals surface area contributed by atoms with Gasteiger partial charge in [0.05, 0.1) is 26.4 Å². The van der Waals surface area contributed by atoms with Crippen LogP contribution in [0, 0.1) is 0 Å². The third-order valence-electron chi connectivity index (χ3n) is 3.36. The average molecular weight is 408 g/mol. The minimum absolute atomic E-state index is 0.0636. The fraction of sp³-hybridized carbons (Fsp3) is 0.600. The number of H-pyrrole nitrogens is 1. The van der Waals surface area contributed by atoms with E-state index >= 15 is 0 Å². The second kappa shape index (κ2) is 12.0. The molecule has 0 amide bonds. The van der Waals surface area contributed by atoms with Crippen LogP contribution >= 0.6 is 7.60 Å². The molecule has 0 aliphatic heterocycles. The molecule has 0 fully saturated rings. The van der Waals surface area contributed by atoms with Crippen molar-refractivity contribution in [3.8, 4) is 0 Å². The van der Waals surface area contributed by atoms with E-state index in [4.69, 9.17) is 23.3 Å². The highest BCUT2D eigenvalue weighted by Gasteiger charge is 2.21. The van der Waals surface area contributed by atoms with Gasteiger partial charge in [0.15, 0.2) is 6.23 Å². The second-order valence-electron chi connectivity index (χ2n) is 5.14. The van der Waals surface area contributed by atoms with Gasteiger partial charge in [-0.25, -0.2) is 4.79 Å². The van der Waals surface area contributed by atoms with Crippen LogP contribution in [0.4, 0.5) is 0 Å². The van der Waals surface area contributed by atoms with Crippen molar-refractivity contribution in [2.75, 3.05) is 47.8 Å². The Labute approximate surface area is 156 Å². The average Bonchev–Trinajstić information content (AvgIpc) is 2.67. The summed E-state index contributed by atoms with van der Waals surface area (Å²) in [7, 11) is 0.505. The number of methoxy groups -OCH3 is 1. The molecule has 0 spiro atoms. The molecule has 0 saturated heterocycles. The molecule has 154 valence electrons. The zero-order valence-electron chi connectivity index (χ0n) is 15.4. The number of aliphatic hydroxyl groups excluding tert-OH is 1. The minimum atomic E-state index is -3.45. The Balaban J connectivity index is 2.99. The minimum Gasteiger partial charge on any atom is -0.393 e. The maximum atomic E-state index is 12.1. The molecule has 0 bridgehead atoms. The first kappa shape index (κ1) is 23.4. The van der Waals surface area contributed by atoms with E-state index in [9.17, 15) is 19.3 Å². The standard InChI is InChI=1S/C15H25N2O9P/c1-22-7-8-25-11-14(17-6-4-13(19)16-15(17)20)26-12(10-18)5-9-27(21,23-2)24-3/h4-6,9,12,14,18H,7-8,10-11H2,1-3H3,(H,16,19,20)/b9-5+. The fourth-order valence-electron chi connectivity index (χ4n) is 1.91. The highest BCUT2D eigenvalue weighted by Crippen LogP contribution is 2.48. The van der Waals surface area contributed by atoms with E-state index in [2.05, 4.69) is 4.98 Å². The van der Waals surface area contributed by atoms with Gasteiger partial charge in [-0.05, 0) is 6.08 Å². The van der Waals surface area contributed by atoms with Crippen LogP contribution in [0.2, 0.25) is 0 Å². The molecule has 0 radical (unpaired) electrons. The van der Waals surface area contributed by atoms with Gasteiger partial charge in [-0.2, -0.15) is 0 Å². The molecule has 0 aliphatic carbocycles. The predicted molar refractivity (Wildman–Crippen MR) is 95.8 cm³/mol. The summed E-state index contributed by atoms with van der Waals surface area (Å²) in [5, 5.41) is 9.53. The molecule has 2 atom stereocenters. The van der Waals surface area contributed by atoms with Gasteiger partial charge in [0.25, 0.3) is 5.56 Å². The van der Waals surface area contributed by atoms with E-state index < -0.39 is 37.8 Å². The maximum absolute atomic E-state index is 12.1. The molecule has 11 nitrogen and oxygen atoms in total. The molecule has 0 saturated carbocycles. The van der Waals surface area contributed by atoms with E-state index in [0.29, 0.717) is 6.61 Å². The quantitative estimate of drug-likeness (QED) is 0.343. The number of rotatable bonds is 13. The Morgan fingerprint density at radius 2 is 1.96 bits per heavy atom. The van der Waals surface area contributed by atoms with E-state index in [1.54, 1.807) is 0 Å². The third-order valence-corrected chi connectivity index (χ3v) is 4.91. The van der Waals surface area contributed by atoms with Crippen LogP contribution in [0.3, 0.4) is 0 Å². The van der Waals surface area contributed by atoms with Gasteiger partial charge >= 0.3 is 13.3 Å². The fourth-order valence-corrected chi connectivity index (χ4v) is 2.71. The smallest absolute Gasteiger partial charge is 0.353 e. The molecule has 2 unspecified atom stereocenters. The molecule has 2 N–H and O–H groups in total. The van der Waals surface area contributed by atoms with E-state index in [-0.39, 0.29) is 13.2 Å². The van der Waals surface area contributed by atoms with Crippen LogP contribution in [0.25, 0.3) is 0 Å². The first-order valence-corrected chi connectivity index (χ1v) is 9.55. The zero-order chi connectivity index (χ0) is 20.3. The first-order chi connectivity index (χ1) is 12.9. The van der Waals surface area contributed by atoms with Gasteiger partial charge in [-0.15, -0.1) is 0 Å². The van der Waals surface area contributed by atoms with Gasteiger partial charge in [0.2, 0.25) is 0 Å². The molecule has 12 heteroatoms. The largest absolute Gasteiger partial charge is 0.393 e. The van der Waals surface area contributed by atoms with Crippen molar-refractivity contribution in [3.05, 3.63) is 45.0 Å². The van der Waals surface area contributed by atoms with Crippen LogP contribution < -0.4 is 11.2 Å². The summed E-state index contributed by atoms with van der Waals surface area (Å²) < 4.78 is 38.7. The lowest BCUT2D eigenvalue weighted by molar-refractivity contribution is -0.0984.